The van der Waals surface area contributed by atoms with Crippen molar-refractivity contribution in [3.8, 4) is 33.0 Å². The van der Waals surface area contributed by atoms with Crippen molar-refractivity contribution in [3.05, 3.63) is 84.0 Å². The third-order valence-electron chi connectivity index (χ3n) is 4.04. The van der Waals surface area contributed by atoms with Gasteiger partial charge in [0.25, 0.3) is 0 Å². The second kappa shape index (κ2) is 6.49. The van der Waals surface area contributed by atoms with Crippen molar-refractivity contribution in [1.82, 2.24) is 4.98 Å². The highest BCUT2D eigenvalue weighted by Crippen LogP contribution is 2.40. The molecule has 122 valence electrons. The predicted octanol–water partition coefficient (Wildman–Crippen LogP) is 5.87. The van der Waals surface area contributed by atoms with E-state index in [4.69, 9.17) is 5.73 Å². The van der Waals surface area contributed by atoms with E-state index in [2.05, 4.69) is 4.98 Å². The number of hydrogen-bond donors (Lipinski definition) is 1. The van der Waals surface area contributed by atoms with E-state index in [1.807, 2.05) is 78.2 Å². The molecule has 2 aromatic heterocycles. The molecule has 2 N–H and O–H groups in total. The number of hydrogen-bond acceptors (Lipinski definition) is 3. The Balaban J connectivity index is 2.05. The molecule has 0 fully saturated rings. The lowest BCUT2D eigenvalue weighted by Gasteiger charge is -2.15. The highest BCUT2D eigenvalue weighted by molar-refractivity contribution is 7.13. The Labute approximate surface area is 149 Å². The van der Waals surface area contributed by atoms with Crippen molar-refractivity contribution in [3.63, 3.8) is 0 Å². The first-order valence-electron chi connectivity index (χ1n) is 7.89. The molecule has 0 aliphatic heterocycles. The van der Waals surface area contributed by atoms with Crippen LogP contribution >= 0.6 is 11.3 Å². The molecular weight excluding hydrogens is 331 g/mol. The molecule has 25 heavy (non-hydrogen) atoms. The molecule has 0 atom stereocenters. The summed E-state index contributed by atoms with van der Waals surface area (Å²) >= 11 is 1.46. The number of nitrogens with zero attached hydrogens (tertiary/aromatic N) is 1. The summed E-state index contributed by atoms with van der Waals surface area (Å²) in [5, 5.41) is 1.91. The molecule has 0 radical (unpaired) electrons. The van der Waals surface area contributed by atoms with E-state index < -0.39 is 0 Å². The highest BCUT2D eigenvalue weighted by Gasteiger charge is 2.21. The van der Waals surface area contributed by atoms with E-state index in [9.17, 15) is 0 Å². The number of pyridine rings is 1. The zero-order valence-corrected chi connectivity index (χ0v) is 14.1. The third kappa shape index (κ3) is 2.81. The van der Waals surface area contributed by atoms with E-state index in [0.29, 0.717) is 22.6 Å². The third-order valence-corrected chi connectivity index (χ3v) is 4.92. The Morgan fingerprint density at radius 2 is 1.40 bits per heavy atom. The summed E-state index contributed by atoms with van der Waals surface area (Å²) in [4.78, 5) is 5.37. The van der Waals surface area contributed by atoms with Crippen molar-refractivity contribution in [2.45, 2.75) is 0 Å². The Morgan fingerprint density at radius 1 is 0.760 bits per heavy atom. The maximum absolute atomic E-state index is 15.3. The minimum Gasteiger partial charge on any atom is -0.396 e. The number of aromatic nitrogens is 1. The standard InChI is InChI=1S/C21H15FN2S/c22-18-17(14-8-3-1-4-9-14)19(23)20(15-10-5-2-6-11-15)24-21(18)16-12-7-13-25-16/h1-13H,23H2. The van der Waals surface area contributed by atoms with Gasteiger partial charge in [0.15, 0.2) is 5.82 Å². The number of anilines is 1. The first-order valence-corrected chi connectivity index (χ1v) is 8.77. The van der Waals surface area contributed by atoms with Crippen molar-refractivity contribution in [2.24, 2.45) is 0 Å². The molecule has 2 heterocycles. The first-order chi connectivity index (χ1) is 12.3. The largest absolute Gasteiger partial charge is 0.396 e. The average molecular weight is 346 g/mol. The fourth-order valence-corrected chi connectivity index (χ4v) is 3.56. The van der Waals surface area contributed by atoms with Gasteiger partial charge in [0.05, 0.1) is 16.3 Å². The monoisotopic (exact) mass is 346 g/mol. The summed E-state index contributed by atoms with van der Waals surface area (Å²) in [5.74, 6) is -0.383. The van der Waals surface area contributed by atoms with Gasteiger partial charge in [-0.3, -0.25) is 0 Å². The highest BCUT2D eigenvalue weighted by atomic mass is 32.1. The quantitative estimate of drug-likeness (QED) is 0.504. The van der Waals surface area contributed by atoms with E-state index in [0.717, 1.165) is 16.0 Å². The Kier molecular flexibility index (Phi) is 4.04. The van der Waals surface area contributed by atoms with Crippen molar-refractivity contribution >= 4 is 17.0 Å². The summed E-state index contributed by atoms with van der Waals surface area (Å²) in [6.07, 6.45) is 0. The van der Waals surface area contributed by atoms with Crippen molar-refractivity contribution in [1.29, 1.82) is 0 Å². The second-order valence-corrected chi connectivity index (χ2v) is 6.57. The van der Waals surface area contributed by atoms with Crippen LogP contribution in [0.15, 0.2) is 78.2 Å². The Bertz CT molecular complexity index is 997. The number of nitrogen functional groups attached to an aromatic ring is 1. The van der Waals surface area contributed by atoms with Crippen LogP contribution in [0.25, 0.3) is 33.0 Å². The van der Waals surface area contributed by atoms with Gasteiger partial charge in [-0.25, -0.2) is 9.37 Å². The molecule has 0 unspecified atom stereocenters. The minimum atomic E-state index is -0.383. The topological polar surface area (TPSA) is 38.9 Å². The van der Waals surface area contributed by atoms with Crippen LogP contribution in [-0.4, -0.2) is 4.98 Å². The summed E-state index contributed by atoms with van der Waals surface area (Å²) in [5.41, 5.74) is 9.68. The normalized spacial score (nSPS) is 10.8. The predicted molar refractivity (Wildman–Crippen MR) is 103 cm³/mol. The molecule has 4 rings (SSSR count). The second-order valence-electron chi connectivity index (χ2n) is 5.62. The summed E-state index contributed by atoms with van der Waals surface area (Å²) in [6, 6.07) is 22.8. The SMILES string of the molecule is Nc1c(-c2ccccc2)nc(-c2cccs2)c(F)c1-c1ccccc1. The average Bonchev–Trinajstić information content (AvgIpc) is 3.18. The molecule has 0 saturated carbocycles. The van der Waals surface area contributed by atoms with Crippen LogP contribution in [-0.2, 0) is 0 Å². The summed E-state index contributed by atoms with van der Waals surface area (Å²) < 4.78 is 15.3. The molecule has 0 amide bonds. The van der Waals surface area contributed by atoms with Gasteiger partial charge in [-0.15, -0.1) is 11.3 Å². The van der Waals surface area contributed by atoms with Gasteiger partial charge < -0.3 is 5.73 Å². The number of thiophene rings is 1. The van der Waals surface area contributed by atoms with Crippen LogP contribution in [0.2, 0.25) is 0 Å². The molecule has 2 nitrogen and oxygen atoms in total. The molecular formula is C21H15FN2S. The zero-order valence-electron chi connectivity index (χ0n) is 13.3. The van der Waals surface area contributed by atoms with Gasteiger partial charge in [0, 0.05) is 11.1 Å². The number of halogens is 1. The van der Waals surface area contributed by atoms with Crippen LogP contribution < -0.4 is 5.73 Å². The maximum atomic E-state index is 15.3. The zero-order chi connectivity index (χ0) is 17.2. The summed E-state index contributed by atoms with van der Waals surface area (Å²) in [6.45, 7) is 0. The number of rotatable bonds is 3. The molecule has 0 aliphatic carbocycles. The fourth-order valence-electron chi connectivity index (χ4n) is 2.86. The van der Waals surface area contributed by atoms with Gasteiger partial charge in [-0.05, 0) is 17.0 Å². The molecule has 4 aromatic rings. The molecule has 2 aromatic carbocycles. The molecule has 0 spiro atoms. The minimum absolute atomic E-state index is 0.335. The first kappa shape index (κ1) is 15.5. The maximum Gasteiger partial charge on any atom is 0.160 e. The van der Waals surface area contributed by atoms with Crippen LogP contribution in [0.4, 0.5) is 10.1 Å². The van der Waals surface area contributed by atoms with E-state index >= 15 is 4.39 Å². The fraction of sp³-hybridized carbons (Fsp3) is 0. The molecule has 4 heteroatoms. The lowest BCUT2D eigenvalue weighted by molar-refractivity contribution is 0.631. The van der Waals surface area contributed by atoms with Gasteiger partial charge in [-0.2, -0.15) is 0 Å². The van der Waals surface area contributed by atoms with Crippen molar-refractivity contribution < 1.29 is 4.39 Å². The van der Waals surface area contributed by atoms with Gasteiger partial charge >= 0.3 is 0 Å². The van der Waals surface area contributed by atoms with Crippen LogP contribution in [0.5, 0.6) is 0 Å². The van der Waals surface area contributed by atoms with Gasteiger partial charge in [-0.1, -0.05) is 66.7 Å². The Hall–Kier alpha value is -2.98. The van der Waals surface area contributed by atoms with Crippen LogP contribution in [0.1, 0.15) is 0 Å². The van der Waals surface area contributed by atoms with E-state index in [-0.39, 0.29) is 5.82 Å². The van der Waals surface area contributed by atoms with Crippen LogP contribution in [0.3, 0.4) is 0 Å². The van der Waals surface area contributed by atoms with Crippen LogP contribution in [0, 0.1) is 5.82 Å². The number of benzene rings is 2. The summed E-state index contributed by atoms with van der Waals surface area (Å²) in [7, 11) is 0. The number of nitrogens with two attached hydrogens (primary N) is 1. The van der Waals surface area contributed by atoms with Gasteiger partial charge in [0.1, 0.15) is 5.69 Å². The van der Waals surface area contributed by atoms with Crippen molar-refractivity contribution in [2.75, 3.05) is 5.73 Å². The van der Waals surface area contributed by atoms with E-state index in [1.165, 1.54) is 11.3 Å². The molecule has 0 aliphatic rings. The smallest absolute Gasteiger partial charge is 0.160 e. The Morgan fingerprint density at radius 3 is 2.00 bits per heavy atom. The lowest BCUT2D eigenvalue weighted by atomic mass is 9.98. The molecule has 0 bridgehead atoms. The molecule has 0 saturated heterocycles. The van der Waals surface area contributed by atoms with Gasteiger partial charge in [0.2, 0.25) is 0 Å². The lowest BCUT2D eigenvalue weighted by Crippen LogP contribution is -2.03. The van der Waals surface area contributed by atoms with E-state index in [1.54, 1.807) is 0 Å².